The zero-order valence-electron chi connectivity index (χ0n) is 11.0. The average molecular weight is 268 g/mol. The molecule has 0 saturated heterocycles. The molecule has 1 atom stereocenters. The first-order valence-electron chi connectivity index (χ1n) is 6.64. The van der Waals surface area contributed by atoms with Gasteiger partial charge in [0.15, 0.2) is 0 Å². The van der Waals surface area contributed by atoms with E-state index in [0.29, 0.717) is 11.8 Å². The first kappa shape index (κ1) is 12.5. The molecule has 2 aromatic rings. The van der Waals surface area contributed by atoms with Crippen molar-refractivity contribution < 1.29 is 9.53 Å². The van der Waals surface area contributed by atoms with E-state index in [0.717, 1.165) is 24.1 Å². The van der Waals surface area contributed by atoms with Crippen molar-refractivity contribution >= 4 is 11.8 Å². The molecule has 0 aliphatic carbocycles. The van der Waals surface area contributed by atoms with Crippen LogP contribution in [0.3, 0.4) is 0 Å². The number of carbonyl (C=O) groups is 1. The summed E-state index contributed by atoms with van der Waals surface area (Å²) in [5, 5.41) is 3.52. The van der Waals surface area contributed by atoms with Crippen molar-refractivity contribution in [3.63, 3.8) is 0 Å². The minimum atomic E-state index is -0.782. The van der Waals surface area contributed by atoms with Gasteiger partial charge in [0, 0.05) is 5.69 Å². The normalized spacial score (nSPS) is 16.9. The highest BCUT2D eigenvalue weighted by Crippen LogP contribution is 2.34. The molecule has 0 spiro atoms. The number of fused-ring (bicyclic) bond motifs is 1. The van der Waals surface area contributed by atoms with Gasteiger partial charge >= 0.3 is 6.09 Å². The largest absolute Gasteiger partial charge is 0.410 e. The van der Waals surface area contributed by atoms with E-state index in [2.05, 4.69) is 29.6 Å². The second-order valence-electron chi connectivity index (χ2n) is 4.89. The van der Waals surface area contributed by atoms with Crippen molar-refractivity contribution in [3.05, 3.63) is 59.7 Å². The van der Waals surface area contributed by atoms with Crippen LogP contribution >= 0.6 is 0 Å². The summed E-state index contributed by atoms with van der Waals surface area (Å²) in [4.78, 5) is 10.8. The number of amides is 1. The molecule has 1 unspecified atom stereocenters. The summed E-state index contributed by atoms with van der Waals surface area (Å²) >= 11 is 0. The van der Waals surface area contributed by atoms with Gasteiger partial charge in [0.25, 0.3) is 0 Å². The number of rotatable bonds is 2. The predicted octanol–water partition coefficient (Wildman–Crippen LogP) is 3.24. The summed E-state index contributed by atoms with van der Waals surface area (Å²) in [5.74, 6) is 0.496. The highest BCUT2D eigenvalue weighted by atomic mass is 16.5. The number of ether oxygens (including phenoxy) is 1. The molecule has 0 fully saturated rings. The minimum absolute atomic E-state index is 0.326. The average Bonchev–Trinajstić information content (AvgIpc) is 2.47. The number of nitrogens with one attached hydrogen (secondary N) is 1. The molecule has 4 heteroatoms. The van der Waals surface area contributed by atoms with Gasteiger partial charge in [-0.15, -0.1) is 0 Å². The Bertz CT molecular complexity index is 626. The Hall–Kier alpha value is -2.49. The third kappa shape index (κ3) is 2.59. The van der Waals surface area contributed by atoms with Crippen LogP contribution in [0.15, 0.2) is 48.5 Å². The second-order valence-corrected chi connectivity index (χ2v) is 4.89. The number of benzene rings is 2. The lowest BCUT2D eigenvalue weighted by molar-refractivity contribution is 0.211. The Labute approximate surface area is 117 Å². The molecular weight excluding hydrogens is 252 g/mol. The topological polar surface area (TPSA) is 64.4 Å². The summed E-state index contributed by atoms with van der Waals surface area (Å²) in [5.41, 5.74) is 8.54. The maximum Gasteiger partial charge on any atom is 0.409 e. The third-order valence-electron chi connectivity index (χ3n) is 3.53. The number of hydrogen-bond acceptors (Lipinski definition) is 3. The first-order chi connectivity index (χ1) is 9.72. The van der Waals surface area contributed by atoms with Crippen molar-refractivity contribution in [3.8, 4) is 5.75 Å². The SMILES string of the molecule is NC(=O)Oc1ccc2c(c1)CCC(c1ccccc1)N2. The van der Waals surface area contributed by atoms with Crippen molar-refractivity contribution in [1.82, 2.24) is 0 Å². The molecule has 0 radical (unpaired) electrons. The lowest BCUT2D eigenvalue weighted by Gasteiger charge is -2.27. The van der Waals surface area contributed by atoms with Crippen molar-refractivity contribution in [1.29, 1.82) is 0 Å². The molecule has 0 bridgehead atoms. The van der Waals surface area contributed by atoms with Crippen LogP contribution in [0.1, 0.15) is 23.6 Å². The van der Waals surface area contributed by atoms with E-state index < -0.39 is 6.09 Å². The van der Waals surface area contributed by atoms with Gasteiger partial charge in [0.2, 0.25) is 0 Å². The van der Waals surface area contributed by atoms with Gasteiger partial charge in [-0.1, -0.05) is 30.3 Å². The summed E-state index contributed by atoms with van der Waals surface area (Å²) in [6, 6.07) is 16.3. The van der Waals surface area contributed by atoms with Gasteiger partial charge in [0.1, 0.15) is 5.75 Å². The molecule has 0 saturated carbocycles. The highest BCUT2D eigenvalue weighted by Gasteiger charge is 2.19. The summed E-state index contributed by atoms with van der Waals surface area (Å²) in [6.45, 7) is 0. The van der Waals surface area contributed by atoms with Crippen LogP contribution in [0, 0.1) is 0 Å². The Morgan fingerprint density at radius 1 is 1.20 bits per heavy atom. The number of nitrogens with two attached hydrogens (primary N) is 1. The maximum absolute atomic E-state index is 10.8. The Kier molecular flexibility index (Phi) is 3.29. The van der Waals surface area contributed by atoms with Gasteiger partial charge < -0.3 is 15.8 Å². The molecule has 0 aromatic heterocycles. The number of carbonyl (C=O) groups excluding carboxylic acids is 1. The van der Waals surface area contributed by atoms with Crippen LogP contribution in [0.4, 0.5) is 10.5 Å². The fourth-order valence-corrected chi connectivity index (χ4v) is 2.59. The molecule has 20 heavy (non-hydrogen) atoms. The standard InChI is InChI=1S/C16H16N2O2/c17-16(19)20-13-7-9-15-12(10-13)6-8-14(18-15)11-4-2-1-3-5-11/h1-5,7,9-10,14,18H,6,8H2,(H2,17,19). The van der Waals surface area contributed by atoms with Crippen LogP contribution in [0.5, 0.6) is 5.75 Å². The Morgan fingerprint density at radius 3 is 2.75 bits per heavy atom. The molecule has 102 valence electrons. The monoisotopic (exact) mass is 268 g/mol. The fraction of sp³-hybridized carbons (Fsp3) is 0.188. The zero-order valence-corrected chi connectivity index (χ0v) is 11.0. The molecule has 1 amide bonds. The zero-order chi connectivity index (χ0) is 13.9. The first-order valence-corrected chi connectivity index (χ1v) is 6.64. The molecular formula is C16H16N2O2. The quantitative estimate of drug-likeness (QED) is 0.878. The van der Waals surface area contributed by atoms with Crippen molar-refractivity contribution in [2.24, 2.45) is 5.73 Å². The van der Waals surface area contributed by atoms with E-state index in [1.807, 2.05) is 18.2 Å². The molecule has 1 aliphatic rings. The summed E-state index contributed by atoms with van der Waals surface area (Å²) in [7, 11) is 0. The molecule has 2 aromatic carbocycles. The number of anilines is 1. The van der Waals surface area contributed by atoms with E-state index >= 15 is 0 Å². The van der Waals surface area contributed by atoms with Gasteiger partial charge in [-0.25, -0.2) is 4.79 Å². The van der Waals surface area contributed by atoms with E-state index in [1.165, 1.54) is 5.56 Å². The molecule has 3 N–H and O–H groups in total. The van der Waals surface area contributed by atoms with Crippen LogP contribution in [0.2, 0.25) is 0 Å². The number of hydrogen-bond donors (Lipinski definition) is 2. The minimum Gasteiger partial charge on any atom is -0.410 e. The smallest absolute Gasteiger partial charge is 0.409 e. The highest BCUT2D eigenvalue weighted by molar-refractivity contribution is 5.69. The maximum atomic E-state index is 10.8. The Morgan fingerprint density at radius 2 is 2.00 bits per heavy atom. The third-order valence-corrected chi connectivity index (χ3v) is 3.53. The molecule has 4 nitrogen and oxygen atoms in total. The van der Waals surface area contributed by atoms with Crippen molar-refractivity contribution in [2.45, 2.75) is 18.9 Å². The summed E-state index contributed by atoms with van der Waals surface area (Å²) in [6.07, 6.45) is 1.17. The van der Waals surface area contributed by atoms with Crippen LogP contribution in [-0.4, -0.2) is 6.09 Å². The number of aryl methyl sites for hydroxylation is 1. The second kappa shape index (κ2) is 5.25. The van der Waals surface area contributed by atoms with Crippen molar-refractivity contribution in [2.75, 3.05) is 5.32 Å². The van der Waals surface area contributed by atoms with Crippen LogP contribution in [0.25, 0.3) is 0 Å². The van der Waals surface area contributed by atoms with E-state index in [-0.39, 0.29) is 0 Å². The van der Waals surface area contributed by atoms with Gasteiger partial charge in [-0.3, -0.25) is 0 Å². The number of primary amides is 1. The fourth-order valence-electron chi connectivity index (χ4n) is 2.59. The molecule has 1 heterocycles. The lowest BCUT2D eigenvalue weighted by atomic mass is 9.93. The van der Waals surface area contributed by atoms with Gasteiger partial charge in [-0.05, 0) is 42.2 Å². The Balaban J connectivity index is 1.80. The van der Waals surface area contributed by atoms with E-state index in [4.69, 9.17) is 10.5 Å². The van der Waals surface area contributed by atoms with Gasteiger partial charge in [0.05, 0.1) is 6.04 Å². The van der Waals surface area contributed by atoms with Crippen LogP contribution < -0.4 is 15.8 Å². The van der Waals surface area contributed by atoms with Crippen LogP contribution in [-0.2, 0) is 6.42 Å². The lowest BCUT2D eigenvalue weighted by Crippen LogP contribution is -2.19. The molecule has 3 rings (SSSR count). The summed E-state index contributed by atoms with van der Waals surface area (Å²) < 4.78 is 4.90. The molecule has 1 aliphatic heterocycles. The van der Waals surface area contributed by atoms with E-state index in [1.54, 1.807) is 6.07 Å². The predicted molar refractivity (Wildman–Crippen MR) is 77.8 cm³/mol. The van der Waals surface area contributed by atoms with E-state index in [9.17, 15) is 4.79 Å². The van der Waals surface area contributed by atoms with Gasteiger partial charge in [-0.2, -0.15) is 0 Å².